The number of hydrogen-bond donors (Lipinski definition) is 1. The van der Waals surface area contributed by atoms with E-state index < -0.39 is 0 Å². The summed E-state index contributed by atoms with van der Waals surface area (Å²) in [7, 11) is 0. The Balaban J connectivity index is 2.23. The summed E-state index contributed by atoms with van der Waals surface area (Å²) in [6.07, 6.45) is 3.95. The van der Waals surface area contributed by atoms with Gasteiger partial charge < -0.3 is 4.74 Å². The Kier molecular flexibility index (Phi) is 3.22. The minimum Gasteiger partial charge on any atom is -0.483 e. The summed E-state index contributed by atoms with van der Waals surface area (Å²) in [6, 6.07) is 8.82. The number of benzene rings is 1. The molecule has 0 saturated carbocycles. The van der Waals surface area contributed by atoms with E-state index in [2.05, 4.69) is 10.5 Å². The number of fused-ring (bicyclic) bond motifs is 1. The lowest BCUT2D eigenvalue weighted by Crippen LogP contribution is -2.27. The molecule has 0 unspecified atom stereocenters. The van der Waals surface area contributed by atoms with Crippen molar-refractivity contribution < 1.29 is 4.74 Å². The first-order valence-corrected chi connectivity index (χ1v) is 5.70. The maximum Gasteiger partial charge on any atom is 0.237 e. The van der Waals surface area contributed by atoms with Gasteiger partial charge in [-0.25, -0.2) is 0 Å². The molecule has 0 aromatic heterocycles. The van der Waals surface area contributed by atoms with Crippen LogP contribution in [0.25, 0.3) is 6.08 Å². The summed E-state index contributed by atoms with van der Waals surface area (Å²) in [5, 5.41) is 20.8. The third-order valence-corrected chi connectivity index (χ3v) is 2.56. The standard InChI is InChI=1S/C14H12N4O/c1-14(2)6-5-10-7-11(3-4-13(10)19-14)17-18-12(8-15)9-16/h3-7,17H,1-2H3. The third-order valence-electron chi connectivity index (χ3n) is 2.56. The largest absolute Gasteiger partial charge is 0.483 e. The van der Waals surface area contributed by atoms with E-state index in [0.29, 0.717) is 5.69 Å². The molecule has 94 valence electrons. The molecule has 0 amide bonds. The fourth-order valence-corrected chi connectivity index (χ4v) is 1.64. The number of nitrogens with zero attached hydrogens (tertiary/aromatic N) is 3. The van der Waals surface area contributed by atoms with Crippen LogP contribution in [-0.4, -0.2) is 11.3 Å². The second-order valence-corrected chi connectivity index (χ2v) is 4.59. The highest BCUT2D eigenvalue weighted by molar-refractivity contribution is 6.10. The van der Waals surface area contributed by atoms with Crippen molar-refractivity contribution in [2.45, 2.75) is 19.4 Å². The molecule has 1 aliphatic heterocycles. The summed E-state index contributed by atoms with van der Waals surface area (Å²) in [5.41, 5.74) is 3.76. The third kappa shape index (κ3) is 2.91. The molecule has 1 N–H and O–H groups in total. The van der Waals surface area contributed by atoms with Crippen LogP contribution in [0.3, 0.4) is 0 Å². The van der Waals surface area contributed by atoms with Gasteiger partial charge >= 0.3 is 0 Å². The average molecular weight is 252 g/mol. The highest BCUT2D eigenvalue weighted by Crippen LogP contribution is 2.32. The van der Waals surface area contributed by atoms with Crippen LogP contribution in [0.2, 0.25) is 0 Å². The Bertz CT molecular complexity index is 628. The highest BCUT2D eigenvalue weighted by Gasteiger charge is 2.21. The first-order chi connectivity index (χ1) is 9.04. The quantitative estimate of drug-likeness (QED) is 0.648. The number of anilines is 1. The molecule has 5 heteroatoms. The van der Waals surface area contributed by atoms with Crippen LogP contribution in [-0.2, 0) is 0 Å². The number of rotatable bonds is 2. The fourth-order valence-electron chi connectivity index (χ4n) is 1.64. The van der Waals surface area contributed by atoms with Gasteiger partial charge in [-0.3, -0.25) is 5.43 Å². The van der Waals surface area contributed by atoms with E-state index in [-0.39, 0.29) is 11.3 Å². The van der Waals surface area contributed by atoms with E-state index in [9.17, 15) is 0 Å². The number of nitrogens with one attached hydrogen (secondary N) is 1. The lowest BCUT2D eigenvalue weighted by Gasteiger charge is -2.27. The zero-order chi connectivity index (χ0) is 13.9. The summed E-state index contributed by atoms with van der Waals surface area (Å²) in [6.45, 7) is 3.96. The summed E-state index contributed by atoms with van der Waals surface area (Å²) in [5.74, 6) is 0.794. The molecule has 0 fully saturated rings. The van der Waals surface area contributed by atoms with Crippen LogP contribution < -0.4 is 10.2 Å². The van der Waals surface area contributed by atoms with Crippen LogP contribution in [0.4, 0.5) is 5.69 Å². The van der Waals surface area contributed by atoms with Crippen LogP contribution in [0.15, 0.2) is 29.4 Å². The molecule has 0 saturated heterocycles. The van der Waals surface area contributed by atoms with E-state index >= 15 is 0 Å². The van der Waals surface area contributed by atoms with Gasteiger partial charge in [0.1, 0.15) is 23.5 Å². The monoisotopic (exact) mass is 252 g/mol. The van der Waals surface area contributed by atoms with Crippen molar-refractivity contribution in [1.82, 2.24) is 0 Å². The van der Waals surface area contributed by atoms with E-state index in [1.54, 1.807) is 18.2 Å². The predicted octanol–water partition coefficient (Wildman–Crippen LogP) is 2.69. The first-order valence-electron chi connectivity index (χ1n) is 5.70. The second-order valence-electron chi connectivity index (χ2n) is 4.59. The maximum atomic E-state index is 8.58. The van der Waals surface area contributed by atoms with Gasteiger partial charge in [0.2, 0.25) is 5.71 Å². The van der Waals surface area contributed by atoms with Gasteiger partial charge in [0.05, 0.1) is 5.69 Å². The predicted molar refractivity (Wildman–Crippen MR) is 72.5 cm³/mol. The van der Waals surface area contributed by atoms with E-state index in [1.165, 1.54) is 0 Å². The Morgan fingerprint density at radius 3 is 2.74 bits per heavy atom. The summed E-state index contributed by atoms with van der Waals surface area (Å²) < 4.78 is 5.79. The van der Waals surface area contributed by atoms with Crippen LogP contribution in [0, 0.1) is 22.7 Å². The number of ether oxygens (including phenoxy) is 1. The number of hydrogen-bond acceptors (Lipinski definition) is 5. The zero-order valence-corrected chi connectivity index (χ0v) is 10.6. The molecule has 0 bridgehead atoms. The molecular weight excluding hydrogens is 240 g/mol. The second kappa shape index (κ2) is 4.83. The van der Waals surface area contributed by atoms with Crippen molar-refractivity contribution in [3.05, 3.63) is 29.8 Å². The highest BCUT2D eigenvalue weighted by atomic mass is 16.5. The lowest BCUT2D eigenvalue weighted by atomic mass is 10.0. The zero-order valence-electron chi connectivity index (χ0n) is 10.6. The van der Waals surface area contributed by atoms with Crippen molar-refractivity contribution in [2.24, 2.45) is 5.10 Å². The lowest BCUT2D eigenvalue weighted by molar-refractivity contribution is 0.159. The molecular formula is C14H12N4O. The molecule has 0 aliphatic carbocycles. The Hall–Kier alpha value is -2.79. The van der Waals surface area contributed by atoms with Gasteiger partial charge in [-0.1, -0.05) is 6.08 Å². The average Bonchev–Trinajstić information content (AvgIpc) is 2.39. The van der Waals surface area contributed by atoms with Gasteiger partial charge in [-0.2, -0.15) is 15.6 Å². The molecule has 1 aromatic carbocycles. The molecule has 19 heavy (non-hydrogen) atoms. The molecule has 0 spiro atoms. The summed E-state index contributed by atoms with van der Waals surface area (Å²) >= 11 is 0. The van der Waals surface area contributed by atoms with Gasteiger partial charge in [-0.15, -0.1) is 0 Å². The summed E-state index contributed by atoms with van der Waals surface area (Å²) in [4.78, 5) is 0. The minimum absolute atomic E-state index is 0.217. The molecule has 1 heterocycles. The Morgan fingerprint density at radius 2 is 2.05 bits per heavy atom. The van der Waals surface area contributed by atoms with Crippen molar-refractivity contribution >= 4 is 17.5 Å². The normalized spacial score (nSPS) is 14.3. The van der Waals surface area contributed by atoms with Crippen molar-refractivity contribution in [1.29, 1.82) is 10.5 Å². The maximum absolute atomic E-state index is 8.58. The SMILES string of the molecule is CC1(C)C=Cc2cc(NN=C(C#N)C#N)ccc2O1. The van der Waals surface area contributed by atoms with E-state index in [1.807, 2.05) is 38.1 Å². The van der Waals surface area contributed by atoms with Gasteiger partial charge in [-0.05, 0) is 38.1 Å². The van der Waals surface area contributed by atoms with E-state index in [4.69, 9.17) is 15.3 Å². The molecule has 0 atom stereocenters. The Labute approximate surface area is 111 Å². The van der Waals surface area contributed by atoms with Crippen molar-refractivity contribution in [3.63, 3.8) is 0 Å². The van der Waals surface area contributed by atoms with E-state index in [0.717, 1.165) is 11.3 Å². The first kappa shape index (κ1) is 12.7. The topological polar surface area (TPSA) is 81.2 Å². The molecule has 0 radical (unpaired) electrons. The minimum atomic E-state index is -0.311. The molecule has 5 nitrogen and oxygen atoms in total. The van der Waals surface area contributed by atoms with Gasteiger partial charge in [0.25, 0.3) is 0 Å². The fraction of sp³-hybridized carbons (Fsp3) is 0.214. The molecule has 2 rings (SSSR count). The van der Waals surface area contributed by atoms with Crippen molar-refractivity contribution in [3.8, 4) is 17.9 Å². The van der Waals surface area contributed by atoms with Crippen LogP contribution in [0.5, 0.6) is 5.75 Å². The van der Waals surface area contributed by atoms with Gasteiger partial charge in [0, 0.05) is 5.56 Å². The Morgan fingerprint density at radius 1 is 1.32 bits per heavy atom. The smallest absolute Gasteiger partial charge is 0.237 e. The number of hydrazone groups is 1. The molecule has 1 aromatic rings. The molecule has 1 aliphatic rings. The van der Waals surface area contributed by atoms with Crippen molar-refractivity contribution in [2.75, 3.05) is 5.43 Å². The van der Waals surface area contributed by atoms with Crippen LogP contribution >= 0.6 is 0 Å². The number of nitriles is 2. The van der Waals surface area contributed by atoms with Gasteiger partial charge in [0.15, 0.2) is 0 Å². The van der Waals surface area contributed by atoms with Crippen LogP contribution in [0.1, 0.15) is 19.4 Å².